The summed E-state index contributed by atoms with van der Waals surface area (Å²) in [6.45, 7) is 3.75. The fraction of sp³-hybridized carbons (Fsp3) is 0.350. The largest absolute Gasteiger partial charge is 0.445 e. The number of halogens is 1. The third-order valence-corrected chi connectivity index (χ3v) is 4.78. The molecule has 0 N–H and O–H groups in total. The molecule has 1 aliphatic rings. The van der Waals surface area contributed by atoms with Gasteiger partial charge < -0.3 is 9.32 Å². The molecule has 134 valence electrons. The van der Waals surface area contributed by atoms with Crippen LogP contribution in [0, 0.1) is 12.7 Å². The van der Waals surface area contributed by atoms with Gasteiger partial charge in [-0.05, 0) is 31.4 Å². The van der Waals surface area contributed by atoms with Gasteiger partial charge in [0.1, 0.15) is 23.7 Å². The van der Waals surface area contributed by atoms with E-state index in [1.807, 2.05) is 19.1 Å². The third-order valence-electron chi connectivity index (χ3n) is 4.78. The average Bonchev–Trinajstić information content (AvgIpc) is 3.12. The summed E-state index contributed by atoms with van der Waals surface area (Å²) in [6, 6.07) is 8.77. The van der Waals surface area contributed by atoms with Crippen LogP contribution in [0.15, 0.2) is 47.3 Å². The number of piperidine rings is 1. The lowest BCUT2D eigenvalue weighted by molar-refractivity contribution is 0.383. The van der Waals surface area contributed by atoms with Crippen LogP contribution in [0.2, 0.25) is 0 Å². The Bertz CT molecular complexity index is 895. The van der Waals surface area contributed by atoms with Crippen molar-refractivity contribution in [3.63, 3.8) is 0 Å². The molecule has 1 aromatic carbocycles. The topological polar surface area (TPSA) is 55.1 Å². The number of hydrogen-bond donors (Lipinski definition) is 0. The van der Waals surface area contributed by atoms with Gasteiger partial charge in [-0.25, -0.2) is 19.3 Å². The van der Waals surface area contributed by atoms with Gasteiger partial charge in [-0.3, -0.25) is 0 Å². The van der Waals surface area contributed by atoms with Gasteiger partial charge in [0.25, 0.3) is 0 Å². The second kappa shape index (κ2) is 7.23. The molecule has 0 amide bonds. The molecular formula is C20H21FN4O. The van der Waals surface area contributed by atoms with Crippen LogP contribution in [0.1, 0.15) is 41.7 Å². The average molecular weight is 352 g/mol. The Morgan fingerprint density at radius 1 is 1.23 bits per heavy atom. The van der Waals surface area contributed by atoms with Crippen LogP contribution >= 0.6 is 0 Å². The van der Waals surface area contributed by atoms with E-state index < -0.39 is 0 Å². The van der Waals surface area contributed by atoms with E-state index >= 15 is 0 Å². The Balaban J connectivity index is 1.48. The van der Waals surface area contributed by atoms with Gasteiger partial charge in [0, 0.05) is 31.3 Å². The van der Waals surface area contributed by atoms with E-state index in [-0.39, 0.29) is 11.7 Å². The van der Waals surface area contributed by atoms with Crippen LogP contribution in [-0.4, -0.2) is 28.0 Å². The van der Waals surface area contributed by atoms with Crippen molar-refractivity contribution in [2.75, 3.05) is 18.0 Å². The van der Waals surface area contributed by atoms with E-state index in [2.05, 4.69) is 19.9 Å². The zero-order valence-electron chi connectivity index (χ0n) is 14.7. The van der Waals surface area contributed by atoms with Crippen LogP contribution in [0.4, 0.5) is 10.2 Å². The fourth-order valence-corrected chi connectivity index (χ4v) is 3.42. The lowest BCUT2D eigenvalue weighted by Gasteiger charge is -2.32. The predicted molar refractivity (Wildman–Crippen MR) is 96.7 cm³/mol. The molecule has 3 aromatic rings. The Labute approximate surface area is 151 Å². The number of anilines is 1. The first-order chi connectivity index (χ1) is 12.7. The number of aromatic nitrogens is 3. The Hall–Kier alpha value is -2.76. The molecule has 1 fully saturated rings. The number of oxazole rings is 1. The summed E-state index contributed by atoms with van der Waals surface area (Å²) < 4.78 is 19.8. The molecule has 5 nitrogen and oxygen atoms in total. The van der Waals surface area contributed by atoms with Gasteiger partial charge >= 0.3 is 0 Å². The number of hydrogen-bond acceptors (Lipinski definition) is 5. The van der Waals surface area contributed by atoms with Gasteiger partial charge in [0.15, 0.2) is 5.89 Å². The monoisotopic (exact) mass is 352 g/mol. The van der Waals surface area contributed by atoms with Crippen molar-refractivity contribution in [2.45, 2.75) is 32.1 Å². The molecule has 0 bridgehead atoms. The zero-order valence-corrected chi connectivity index (χ0v) is 14.7. The summed E-state index contributed by atoms with van der Waals surface area (Å²) in [5.74, 6) is 2.37. The summed E-state index contributed by atoms with van der Waals surface area (Å²) >= 11 is 0. The first-order valence-corrected chi connectivity index (χ1v) is 8.90. The predicted octanol–water partition coefficient (Wildman–Crippen LogP) is 3.89. The smallest absolute Gasteiger partial charge is 0.199 e. The number of benzene rings is 1. The first kappa shape index (κ1) is 16.7. The second-order valence-electron chi connectivity index (χ2n) is 6.74. The molecule has 3 heterocycles. The van der Waals surface area contributed by atoms with Gasteiger partial charge in [-0.1, -0.05) is 18.2 Å². The Morgan fingerprint density at radius 2 is 2.12 bits per heavy atom. The number of nitrogens with zero attached hydrogens (tertiary/aromatic N) is 4. The molecular weight excluding hydrogens is 331 g/mol. The van der Waals surface area contributed by atoms with Crippen molar-refractivity contribution in [2.24, 2.45) is 0 Å². The van der Waals surface area contributed by atoms with Crippen molar-refractivity contribution in [1.29, 1.82) is 0 Å². The molecule has 1 aliphatic heterocycles. The first-order valence-electron chi connectivity index (χ1n) is 8.90. The van der Waals surface area contributed by atoms with E-state index in [0.717, 1.165) is 43.3 Å². The standard InChI is InChI=1S/C20H21FN4O/c1-14-9-19(24-13-23-14)25-8-4-6-16(12-25)20-22-11-17(26-20)10-15-5-2-3-7-18(15)21/h2-3,5,7,9,11,13,16H,4,6,8,10,12H2,1H3. The second-order valence-corrected chi connectivity index (χ2v) is 6.74. The maximum absolute atomic E-state index is 13.8. The van der Waals surface area contributed by atoms with Crippen LogP contribution in [-0.2, 0) is 6.42 Å². The van der Waals surface area contributed by atoms with E-state index in [0.29, 0.717) is 17.7 Å². The van der Waals surface area contributed by atoms with E-state index in [4.69, 9.17) is 4.42 Å². The van der Waals surface area contributed by atoms with Crippen LogP contribution in [0.25, 0.3) is 0 Å². The highest BCUT2D eigenvalue weighted by atomic mass is 19.1. The van der Waals surface area contributed by atoms with Gasteiger partial charge in [-0.15, -0.1) is 0 Å². The van der Waals surface area contributed by atoms with E-state index in [1.165, 1.54) is 6.07 Å². The molecule has 1 unspecified atom stereocenters. The van der Waals surface area contributed by atoms with Crippen LogP contribution in [0.3, 0.4) is 0 Å². The minimum Gasteiger partial charge on any atom is -0.445 e. The summed E-state index contributed by atoms with van der Waals surface area (Å²) in [6.07, 6.45) is 5.82. The molecule has 0 radical (unpaired) electrons. The highest BCUT2D eigenvalue weighted by molar-refractivity contribution is 5.39. The lowest BCUT2D eigenvalue weighted by atomic mass is 9.98. The molecule has 1 saturated heterocycles. The van der Waals surface area contributed by atoms with Crippen molar-refractivity contribution in [1.82, 2.24) is 15.0 Å². The molecule has 26 heavy (non-hydrogen) atoms. The Kier molecular flexibility index (Phi) is 4.65. The van der Waals surface area contributed by atoms with Crippen LogP contribution in [0.5, 0.6) is 0 Å². The SMILES string of the molecule is Cc1cc(N2CCCC(c3ncc(Cc4ccccc4F)o3)C2)ncn1. The van der Waals surface area contributed by atoms with Gasteiger partial charge in [0.2, 0.25) is 0 Å². The van der Waals surface area contributed by atoms with E-state index in [1.54, 1.807) is 24.7 Å². The van der Waals surface area contributed by atoms with E-state index in [9.17, 15) is 4.39 Å². The van der Waals surface area contributed by atoms with Crippen molar-refractivity contribution < 1.29 is 8.81 Å². The summed E-state index contributed by atoms with van der Waals surface area (Å²) in [4.78, 5) is 15.3. The lowest BCUT2D eigenvalue weighted by Crippen LogP contribution is -2.35. The van der Waals surface area contributed by atoms with Crippen molar-refractivity contribution >= 4 is 5.82 Å². The molecule has 2 aromatic heterocycles. The highest BCUT2D eigenvalue weighted by Gasteiger charge is 2.26. The minimum absolute atomic E-state index is 0.214. The zero-order chi connectivity index (χ0) is 17.9. The van der Waals surface area contributed by atoms with Gasteiger partial charge in [0.05, 0.1) is 12.1 Å². The normalized spacial score (nSPS) is 17.5. The molecule has 0 saturated carbocycles. The van der Waals surface area contributed by atoms with Crippen molar-refractivity contribution in [3.8, 4) is 0 Å². The minimum atomic E-state index is -0.214. The molecule has 1 atom stereocenters. The Morgan fingerprint density at radius 3 is 2.96 bits per heavy atom. The maximum atomic E-state index is 13.8. The molecule has 0 spiro atoms. The molecule has 4 rings (SSSR count). The summed E-state index contributed by atoms with van der Waals surface area (Å²) in [7, 11) is 0. The number of aryl methyl sites for hydroxylation is 1. The molecule has 6 heteroatoms. The highest BCUT2D eigenvalue weighted by Crippen LogP contribution is 2.29. The molecule has 0 aliphatic carbocycles. The quantitative estimate of drug-likeness (QED) is 0.713. The summed E-state index contributed by atoms with van der Waals surface area (Å²) in [5.41, 5.74) is 1.58. The third kappa shape index (κ3) is 3.59. The summed E-state index contributed by atoms with van der Waals surface area (Å²) in [5, 5.41) is 0. The number of rotatable bonds is 4. The van der Waals surface area contributed by atoms with Crippen LogP contribution < -0.4 is 4.90 Å². The van der Waals surface area contributed by atoms with Crippen molar-refractivity contribution in [3.05, 3.63) is 71.6 Å². The fourth-order valence-electron chi connectivity index (χ4n) is 3.42. The van der Waals surface area contributed by atoms with Gasteiger partial charge in [-0.2, -0.15) is 0 Å². The maximum Gasteiger partial charge on any atom is 0.199 e.